The number of hydrogen-bond donors (Lipinski definition) is 2. The van der Waals surface area contributed by atoms with Crippen LogP contribution in [0.2, 0.25) is 0 Å². The second kappa shape index (κ2) is 5.81. The Bertz CT molecular complexity index is 454. The Morgan fingerprint density at radius 2 is 2.16 bits per heavy atom. The molecule has 1 aromatic rings. The number of aliphatic hydroxyl groups excluding tert-OH is 1. The number of halogens is 1. The third kappa shape index (κ3) is 2.96. The highest BCUT2D eigenvalue weighted by atomic mass is 32.2. The fourth-order valence-corrected chi connectivity index (χ4v) is 4.30. The van der Waals surface area contributed by atoms with Crippen LogP contribution in [0.3, 0.4) is 0 Å². The molecule has 1 heterocycles. The third-order valence-electron chi connectivity index (χ3n) is 4.11. The smallest absolute Gasteiger partial charge is 0.137 e. The maximum atomic E-state index is 13.8. The highest BCUT2D eigenvalue weighted by Crippen LogP contribution is 2.38. The molecule has 0 bridgehead atoms. The number of aliphatic hydroxyl groups is 1. The van der Waals surface area contributed by atoms with Gasteiger partial charge in [-0.1, -0.05) is 12.1 Å². The zero-order valence-corrected chi connectivity index (χ0v) is 11.8. The van der Waals surface area contributed by atoms with Gasteiger partial charge >= 0.3 is 0 Å². The minimum Gasteiger partial charge on any atom is -0.393 e. The number of rotatable bonds is 2. The van der Waals surface area contributed by atoms with Gasteiger partial charge in [0.05, 0.1) is 6.10 Å². The molecular weight excluding hydrogens is 261 g/mol. The lowest BCUT2D eigenvalue weighted by molar-refractivity contribution is 0.108. The lowest BCUT2D eigenvalue weighted by Crippen LogP contribution is -2.39. The van der Waals surface area contributed by atoms with Crippen LogP contribution >= 0.6 is 11.8 Å². The first-order valence-corrected chi connectivity index (χ1v) is 8.08. The van der Waals surface area contributed by atoms with E-state index in [1.165, 1.54) is 0 Å². The molecule has 19 heavy (non-hydrogen) atoms. The largest absolute Gasteiger partial charge is 0.393 e. The van der Waals surface area contributed by atoms with Gasteiger partial charge in [0.25, 0.3) is 0 Å². The van der Waals surface area contributed by atoms with Crippen LogP contribution in [0.25, 0.3) is 0 Å². The van der Waals surface area contributed by atoms with Gasteiger partial charge in [0.2, 0.25) is 0 Å². The summed E-state index contributed by atoms with van der Waals surface area (Å²) in [4.78, 5) is 0.808. The molecule has 3 unspecified atom stereocenters. The maximum Gasteiger partial charge on any atom is 0.137 e. The minimum absolute atomic E-state index is 0.0994. The second-order valence-electron chi connectivity index (χ2n) is 5.53. The molecule has 0 amide bonds. The Kier molecular flexibility index (Phi) is 4.10. The molecule has 2 aliphatic rings. The van der Waals surface area contributed by atoms with Crippen LogP contribution in [0, 0.1) is 5.82 Å². The van der Waals surface area contributed by atoms with E-state index in [9.17, 15) is 9.50 Å². The Labute approximate surface area is 117 Å². The van der Waals surface area contributed by atoms with E-state index in [1.807, 2.05) is 6.07 Å². The average molecular weight is 281 g/mol. The van der Waals surface area contributed by atoms with E-state index in [0.717, 1.165) is 48.3 Å². The number of nitrogens with one attached hydrogen (secondary N) is 1. The van der Waals surface area contributed by atoms with Crippen molar-refractivity contribution in [1.29, 1.82) is 0 Å². The second-order valence-corrected chi connectivity index (χ2v) is 6.64. The van der Waals surface area contributed by atoms with E-state index in [4.69, 9.17) is 0 Å². The van der Waals surface area contributed by atoms with Crippen molar-refractivity contribution in [2.75, 3.05) is 5.75 Å². The first-order chi connectivity index (χ1) is 9.24. The molecule has 0 saturated heterocycles. The Morgan fingerprint density at radius 1 is 1.26 bits per heavy atom. The van der Waals surface area contributed by atoms with Crippen molar-refractivity contribution >= 4 is 11.8 Å². The molecule has 0 radical (unpaired) electrons. The van der Waals surface area contributed by atoms with E-state index in [0.29, 0.717) is 6.04 Å². The van der Waals surface area contributed by atoms with Crippen molar-refractivity contribution in [3.05, 3.63) is 29.6 Å². The van der Waals surface area contributed by atoms with Crippen molar-refractivity contribution in [3.8, 4) is 0 Å². The van der Waals surface area contributed by atoms with Crippen molar-refractivity contribution in [2.45, 2.75) is 55.2 Å². The fourth-order valence-electron chi connectivity index (χ4n) is 3.16. The molecule has 0 aromatic heterocycles. The summed E-state index contributed by atoms with van der Waals surface area (Å²) >= 11 is 1.62. The van der Waals surface area contributed by atoms with Crippen molar-refractivity contribution in [1.82, 2.24) is 5.32 Å². The van der Waals surface area contributed by atoms with E-state index in [1.54, 1.807) is 23.9 Å². The Hall–Kier alpha value is -0.580. The number of hydrogen-bond acceptors (Lipinski definition) is 3. The summed E-state index contributed by atoms with van der Waals surface area (Å²) in [5, 5.41) is 13.4. The normalized spacial score (nSPS) is 30.9. The maximum absolute atomic E-state index is 13.8. The molecule has 104 valence electrons. The van der Waals surface area contributed by atoms with Gasteiger partial charge in [-0.2, -0.15) is 0 Å². The molecule has 0 spiro atoms. The molecule has 1 saturated carbocycles. The first kappa shape index (κ1) is 13.4. The van der Waals surface area contributed by atoms with Gasteiger partial charge in [-0.05, 0) is 49.5 Å². The average Bonchev–Trinajstić information content (AvgIpc) is 2.40. The molecule has 1 aromatic carbocycles. The summed E-state index contributed by atoms with van der Waals surface area (Å²) in [7, 11) is 0. The summed E-state index contributed by atoms with van der Waals surface area (Å²) in [6.45, 7) is 0. The number of fused-ring (bicyclic) bond motifs is 1. The SMILES string of the molecule is OC1CCCC(NC2CCSc3c(F)cccc32)C1. The van der Waals surface area contributed by atoms with Crippen LogP contribution in [0.4, 0.5) is 4.39 Å². The lowest BCUT2D eigenvalue weighted by Gasteiger charge is -2.33. The van der Waals surface area contributed by atoms with Crippen LogP contribution in [0.15, 0.2) is 23.1 Å². The van der Waals surface area contributed by atoms with Gasteiger partial charge in [0, 0.05) is 17.0 Å². The zero-order valence-electron chi connectivity index (χ0n) is 10.9. The Balaban J connectivity index is 1.74. The molecule has 1 aliphatic carbocycles. The van der Waals surface area contributed by atoms with Gasteiger partial charge in [-0.15, -0.1) is 11.8 Å². The number of benzene rings is 1. The zero-order chi connectivity index (χ0) is 13.2. The summed E-state index contributed by atoms with van der Waals surface area (Å²) in [5.41, 5.74) is 1.09. The summed E-state index contributed by atoms with van der Waals surface area (Å²) in [6.07, 6.45) is 4.81. The summed E-state index contributed by atoms with van der Waals surface area (Å²) in [5.74, 6) is 0.860. The van der Waals surface area contributed by atoms with Crippen molar-refractivity contribution < 1.29 is 9.50 Å². The molecule has 1 fully saturated rings. The predicted octanol–water partition coefficient (Wildman–Crippen LogP) is 3.26. The van der Waals surface area contributed by atoms with Crippen LogP contribution in [-0.4, -0.2) is 23.0 Å². The fraction of sp³-hybridized carbons (Fsp3) is 0.600. The monoisotopic (exact) mass is 281 g/mol. The molecule has 3 rings (SSSR count). The Morgan fingerprint density at radius 3 is 3.00 bits per heavy atom. The number of thioether (sulfide) groups is 1. The van der Waals surface area contributed by atoms with E-state index in [-0.39, 0.29) is 18.0 Å². The predicted molar refractivity (Wildman–Crippen MR) is 75.9 cm³/mol. The molecular formula is C15H20FNOS. The summed E-state index contributed by atoms with van der Waals surface area (Å²) < 4.78 is 13.8. The molecule has 2 nitrogen and oxygen atoms in total. The van der Waals surface area contributed by atoms with E-state index < -0.39 is 0 Å². The van der Waals surface area contributed by atoms with Gasteiger partial charge in [-0.25, -0.2) is 4.39 Å². The lowest BCUT2D eigenvalue weighted by atomic mass is 9.91. The molecule has 4 heteroatoms. The van der Waals surface area contributed by atoms with Crippen molar-refractivity contribution in [2.24, 2.45) is 0 Å². The van der Waals surface area contributed by atoms with Gasteiger partial charge in [-0.3, -0.25) is 0 Å². The topological polar surface area (TPSA) is 32.3 Å². The van der Waals surface area contributed by atoms with Gasteiger partial charge in [0.1, 0.15) is 5.82 Å². The van der Waals surface area contributed by atoms with Gasteiger partial charge in [0.15, 0.2) is 0 Å². The standard InChI is InChI=1S/C15H20FNOS/c16-13-6-2-5-12-14(7-8-19-15(12)13)17-10-3-1-4-11(18)9-10/h2,5-6,10-11,14,17-18H,1,3-4,7-9H2. The first-order valence-electron chi connectivity index (χ1n) is 7.09. The summed E-state index contributed by atoms with van der Waals surface area (Å²) in [6, 6.07) is 5.97. The molecule has 1 aliphatic heterocycles. The van der Waals surface area contributed by atoms with Crippen LogP contribution in [0.1, 0.15) is 43.7 Å². The van der Waals surface area contributed by atoms with Crippen molar-refractivity contribution in [3.63, 3.8) is 0 Å². The van der Waals surface area contributed by atoms with Crippen LogP contribution in [-0.2, 0) is 0 Å². The molecule has 2 N–H and O–H groups in total. The van der Waals surface area contributed by atoms with Crippen LogP contribution < -0.4 is 5.32 Å². The third-order valence-corrected chi connectivity index (χ3v) is 5.27. The van der Waals surface area contributed by atoms with E-state index in [2.05, 4.69) is 5.32 Å². The van der Waals surface area contributed by atoms with E-state index >= 15 is 0 Å². The van der Waals surface area contributed by atoms with Crippen LogP contribution in [0.5, 0.6) is 0 Å². The quantitative estimate of drug-likeness (QED) is 0.873. The highest BCUT2D eigenvalue weighted by Gasteiger charge is 2.27. The minimum atomic E-state index is -0.170. The van der Waals surface area contributed by atoms with Gasteiger partial charge < -0.3 is 10.4 Å². The highest BCUT2D eigenvalue weighted by molar-refractivity contribution is 7.99. The molecule has 3 atom stereocenters.